The average Bonchev–Trinajstić information content (AvgIpc) is 2.28. The third kappa shape index (κ3) is 2.94. The molecule has 1 aromatic heterocycles. The Morgan fingerprint density at radius 3 is 2.71 bits per heavy atom. The van der Waals surface area contributed by atoms with Crippen molar-refractivity contribution in [2.75, 3.05) is 12.4 Å². The minimum atomic E-state index is 0.705. The number of methoxy groups -OCH3 is 1. The fourth-order valence-corrected chi connectivity index (χ4v) is 1.95. The van der Waals surface area contributed by atoms with Gasteiger partial charge in [-0.15, -0.1) is 0 Å². The molecule has 0 aliphatic carbocycles. The highest BCUT2D eigenvalue weighted by atomic mass is 79.9. The Labute approximate surface area is 108 Å². The maximum absolute atomic E-state index is 5.26. The number of para-hydroxylation sites is 2. The highest BCUT2D eigenvalue weighted by Gasteiger charge is 2.04. The monoisotopic (exact) mass is 293 g/mol. The molecule has 0 aliphatic heterocycles. The number of aromatic nitrogens is 2. The number of benzene rings is 1. The van der Waals surface area contributed by atoms with Gasteiger partial charge in [0.1, 0.15) is 22.0 Å². The van der Waals surface area contributed by atoms with Crippen LogP contribution in [0.2, 0.25) is 0 Å². The fraction of sp³-hybridized carbons (Fsp3) is 0.167. The third-order valence-corrected chi connectivity index (χ3v) is 2.58. The normalized spacial score (nSPS) is 10.1. The molecule has 0 atom stereocenters. The molecule has 0 saturated heterocycles. The first-order valence-electron chi connectivity index (χ1n) is 5.10. The number of nitrogens with one attached hydrogen (secondary N) is 1. The lowest BCUT2D eigenvalue weighted by molar-refractivity contribution is 0.417. The van der Waals surface area contributed by atoms with Gasteiger partial charge in [0.25, 0.3) is 0 Å². The number of nitrogens with zero attached hydrogens (tertiary/aromatic N) is 2. The molecule has 0 spiro atoms. The van der Waals surface area contributed by atoms with E-state index in [1.54, 1.807) is 7.11 Å². The highest BCUT2D eigenvalue weighted by molar-refractivity contribution is 9.10. The minimum absolute atomic E-state index is 0.705. The van der Waals surface area contributed by atoms with Gasteiger partial charge in [-0.1, -0.05) is 12.1 Å². The molecule has 0 radical (unpaired) electrons. The SMILES string of the molecule is COc1ccccc1Nc1cc(Br)nc(C)n1. The molecule has 2 aromatic rings. The molecule has 4 nitrogen and oxygen atoms in total. The number of aryl methyl sites for hydroxylation is 1. The van der Waals surface area contributed by atoms with Crippen LogP contribution in [0.25, 0.3) is 0 Å². The van der Waals surface area contributed by atoms with Gasteiger partial charge in [-0.3, -0.25) is 0 Å². The molecule has 0 aliphatic rings. The molecule has 0 amide bonds. The largest absolute Gasteiger partial charge is 0.495 e. The van der Waals surface area contributed by atoms with Crippen molar-refractivity contribution in [1.29, 1.82) is 0 Å². The van der Waals surface area contributed by atoms with Crippen LogP contribution in [0.15, 0.2) is 34.9 Å². The molecule has 0 fully saturated rings. The lowest BCUT2D eigenvalue weighted by Gasteiger charge is -2.10. The van der Waals surface area contributed by atoms with Gasteiger partial charge in [0, 0.05) is 6.07 Å². The van der Waals surface area contributed by atoms with Crippen molar-refractivity contribution < 1.29 is 4.74 Å². The van der Waals surface area contributed by atoms with Crippen LogP contribution in [-0.4, -0.2) is 17.1 Å². The zero-order valence-electron chi connectivity index (χ0n) is 9.57. The average molecular weight is 294 g/mol. The Morgan fingerprint density at radius 2 is 2.00 bits per heavy atom. The summed E-state index contributed by atoms with van der Waals surface area (Å²) >= 11 is 3.34. The van der Waals surface area contributed by atoms with Gasteiger partial charge in [0.2, 0.25) is 0 Å². The summed E-state index contributed by atoms with van der Waals surface area (Å²) in [5, 5.41) is 3.20. The quantitative estimate of drug-likeness (QED) is 0.882. The predicted octanol–water partition coefficient (Wildman–Crippen LogP) is 3.30. The van der Waals surface area contributed by atoms with Crippen molar-refractivity contribution in [2.45, 2.75) is 6.92 Å². The van der Waals surface area contributed by atoms with Crippen LogP contribution in [0, 0.1) is 6.92 Å². The van der Waals surface area contributed by atoms with Crippen LogP contribution in [0.4, 0.5) is 11.5 Å². The Kier molecular flexibility index (Phi) is 3.58. The summed E-state index contributed by atoms with van der Waals surface area (Å²) in [6.07, 6.45) is 0. The lowest BCUT2D eigenvalue weighted by atomic mass is 10.3. The second kappa shape index (κ2) is 5.14. The summed E-state index contributed by atoms with van der Waals surface area (Å²) in [7, 11) is 1.64. The second-order valence-electron chi connectivity index (χ2n) is 3.45. The van der Waals surface area contributed by atoms with E-state index in [2.05, 4.69) is 31.2 Å². The molecule has 2 rings (SSSR count). The number of hydrogen-bond donors (Lipinski definition) is 1. The molecule has 1 heterocycles. The molecule has 0 bridgehead atoms. The van der Waals surface area contributed by atoms with E-state index in [1.165, 1.54) is 0 Å². The number of halogens is 1. The lowest BCUT2D eigenvalue weighted by Crippen LogP contribution is -1.99. The topological polar surface area (TPSA) is 47.0 Å². The van der Waals surface area contributed by atoms with Crippen molar-refractivity contribution in [3.8, 4) is 5.75 Å². The Hall–Kier alpha value is -1.62. The molecule has 5 heteroatoms. The smallest absolute Gasteiger partial charge is 0.142 e. The molecule has 0 saturated carbocycles. The second-order valence-corrected chi connectivity index (χ2v) is 4.26. The van der Waals surface area contributed by atoms with Crippen LogP contribution in [0.1, 0.15) is 5.82 Å². The van der Waals surface area contributed by atoms with Crippen LogP contribution < -0.4 is 10.1 Å². The third-order valence-electron chi connectivity index (χ3n) is 2.18. The molecular formula is C12H12BrN3O. The summed E-state index contributed by atoms with van der Waals surface area (Å²) in [5.74, 6) is 2.21. The standard InChI is InChI=1S/C12H12BrN3O/c1-8-14-11(13)7-12(15-8)16-9-5-3-4-6-10(9)17-2/h3-7H,1-2H3,(H,14,15,16). The van der Waals surface area contributed by atoms with E-state index in [9.17, 15) is 0 Å². The van der Waals surface area contributed by atoms with E-state index >= 15 is 0 Å². The molecule has 88 valence electrons. The fourth-order valence-electron chi connectivity index (χ4n) is 1.48. The van der Waals surface area contributed by atoms with Gasteiger partial charge in [0.05, 0.1) is 12.8 Å². The van der Waals surface area contributed by atoms with Gasteiger partial charge < -0.3 is 10.1 Å². The molecule has 1 aromatic carbocycles. The van der Waals surface area contributed by atoms with Gasteiger partial charge in [-0.05, 0) is 35.0 Å². The zero-order valence-corrected chi connectivity index (χ0v) is 11.2. The van der Waals surface area contributed by atoms with E-state index in [0.29, 0.717) is 5.82 Å². The summed E-state index contributed by atoms with van der Waals surface area (Å²) in [6, 6.07) is 9.51. The van der Waals surface area contributed by atoms with E-state index in [0.717, 1.165) is 21.9 Å². The van der Waals surface area contributed by atoms with Crippen LogP contribution in [0.5, 0.6) is 5.75 Å². The van der Waals surface area contributed by atoms with E-state index in [4.69, 9.17) is 4.74 Å². The Bertz CT molecular complexity index is 511. The van der Waals surface area contributed by atoms with Crippen LogP contribution in [0.3, 0.4) is 0 Å². The maximum Gasteiger partial charge on any atom is 0.142 e. The molecule has 1 N–H and O–H groups in total. The maximum atomic E-state index is 5.26. The van der Waals surface area contributed by atoms with Crippen molar-refractivity contribution in [2.24, 2.45) is 0 Å². The van der Waals surface area contributed by atoms with E-state index in [-0.39, 0.29) is 0 Å². The molecule has 0 unspecified atom stereocenters. The summed E-state index contributed by atoms with van der Waals surface area (Å²) < 4.78 is 6.01. The van der Waals surface area contributed by atoms with Crippen LogP contribution in [-0.2, 0) is 0 Å². The number of rotatable bonds is 3. The van der Waals surface area contributed by atoms with Crippen molar-refractivity contribution in [3.63, 3.8) is 0 Å². The summed E-state index contributed by atoms with van der Waals surface area (Å²) in [4.78, 5) is 8.45. The first kappa shape index (κ1) is 11.9. The molecule has 17 heavy (non-hydrogen) atoms. The predicted molar refractivity (Wildman–Crippen MR) is 70.7 cm³/mol. The van der Waals surface area contributed by atoms with Crippen molar-refractivity contribution in [1.82, 2.24) is 9.97 Å². The van der Waals surface area contributed by atoms with Gasteiger partial charge >= 0.3 is 0 Å². The van der Waals surface area contributed by atoms with Crippen LogP contribution >= 0.6 is 15.9 Å². The Morgan fingerprint density at radius 1 is 1.24 bits per heavy atom. The summed E-state index contributed by atoms with van der Waals surface area (Å²) in [5.41, 5.74) is 0.875. The highest BCUT2D eigenvalue weighted by Crippen LogP contribution is 2.26. The van der Waals surface area contributed by atoms with Gasteiger partial charge in [-0.2, -0.15) is 0 Å². The van der Waals surface area contributed by atoms with Gasteiger partial charge in [0.15, 0.2) is 0 Å². The van der Waals surface area contributed by atoms with E-state index < -0.39 is 0 Å². The van der Waals surface area contributed by atoms with Crippen molar-refractivity contribution >= 4 is 27.4 Å². The number of hydrogen-bond acceptors (Lipinski definition) is 4. The Balaban J connectivity index is 2.31. The zero-order chi connectivity index (χ0) is 12.3. The summed E-state index contributed by atoms with van der Waals surface area (Å²) in [6.45, 7) is 1.85. The number of anilines is 2. The first-order chi connectivity index (χ1) is 8.19. The van der Waals surface area contributed by atoms with Crippen molar-refractivity contribution in [3.05, 3.63) is 40.8 Å². The van der Waals surface area contributed by atoms with E-state index in [1.807, 2.05) is 37.3 Å². The molecular weight excluding hydrogens is 282 g/mol. The van der Waals surface area contributed by atoms with Gasteiger partial charge in [-0.25, -0.2) is 9.97 Å². The minimum Gasteiger partial charge on any atom is -0.495 e. The first-order valence-corrected chi connectivity index (χ1v) is 5.89. The number of ether oxygens (including phenoxy) is 1.